The summed E-state index contributed by atoms with van der Waals surface area (Å²) in [6.07, 6.45) is 0. The third-order valence-corrected chi connectivity index (χ3v) is 2.97. The van der Waals surface area contributed by atoms with Gasteiger partial charge in [0, 0.05) is 18.7 Å². The van der Waals surface area contributed by atoms with Gasteiger partial charge in [0.2, 0.25) is 0 Å². The number of halogens is 1. The van der Waals surface area contributed by atoms with Crippen LogP contribution in [0.4, 0.5) is 0 Å². The van der Waals surface area contributed by atoms with Gasteiger partial charge in [-0.2, -0.15) is 0 Å². The first-order valence-corrected chi connectivity index (χ1v) is 6.17. The average molecular weight is 272 g/mol. The first-order valence-electron chi connectivity index (χ1n) is 5.79. The SMILES string of the molecule is CCN(C(=O)c1ccc(Cl)cc1O)C(C)COC. The zero-order valence-electron chi connectivity index (χ0n) is 10.8. The predicted molar refractivity (Wildman–Crippen MR) is 71.2 cm³/mol. The normalized spacial score (nSPS) is 12.2. The van der Waals surface area contributed by atoms with Crippen LogP contribution in [0, 0.1) is 0 Å². The molecule has 1 unspecified atom stereocenters. The number of carbonyl (C=O) groups excluding carboxylic acids is 1. The molecule has 1 rings (SSSR count). The maximum absolute atomic E-state index is 12.3. The van der Waals surface area contributed by atoms with E-state index in [1.54, 1.807) is 18.1 Å². The minimum absolute atomic E-state index is 0.0532. The number of methoxy groups -OCH3 is 1. The summed E-state index contributed by atoms with van der Waals surface area (Å²) in [4.78, 5) is 13.9. The molecule has 0 aliphatic carbocycles. The summed E-state index contributed by atoms with van der Waals surface area (Å²) in [7, 11) is 1.59. The minimum Gasteiger partial charge on any atom is -0.507 e. The van der Waals surface area contributed by atoms with Gasteiger partial charge in [-0.05, 0) is 32.0 Å². The zero-order chi connectivity index (χ0) is 13.7. The zero-order valence-corrected chi connectivity index (χ0v) is 11.6. The molecule has 0 saturated heterocycles. The van der Waals surface area contributed by atoms with Gasteiger partial charge in [0.15, 0.2) is 0 Å². The van der Waals surface area contributed by atoms with Gasteiger partial charge >= 0.3 is 0 Å². The van der Waals surface area contributed by atoms with Gasteiger partial charge in [-0.3, -0.25) is 4.79 Å². The highest BCUT2D eigenvalue weighted by molar-refractivity contribution is 6.30. The van der Waals surface area contributed by atoms with E-state index in [-0.39, 0.29) is 23.3 Å². The Labute approximate surface area is 112 Å². The van der Waals surface area contributed by atoms with Gasteiger partial charge in [0.1, 0.15) is 5.75 Å². The fourth-order valence-electron chi connectivity index (χ4n) is 1.83. The number of rotatable bonds is 5. The van der Waals surface area contributed by atoms with Gasteiger partial charge in [0.25, 0.3) is 5.91 Å². The van der Waals surface area contributed by atoms with Crippen LogP contribution in [0.3, 0.4) is 0 Å². The molecule has 1 atom stereocenters. The van der Waals surface area contributed by atoms with Crippen molar-refractivity contribution in [2.24, 2.45) is 0 Å². The van der Waals surface area contributed by atoms with Crippen LogP contribution in [-0.2, 0) is 4.74 Å². The first kappa shape index (κ1) is 14.8. The highest BCUT2D eigenvalue weighted by atomic mass is 35.5. The minimum atomic E-state index is -0.226. The molecule has 1 aromatic carbocycles. The van der Waals surface area contributed by atoms with Gasteiger partial charge in [-0.15, -0.1) is 0 Å². The number of carbonyl (C=O) groups is 1. The molecular weight excluding hydrogens is 254 g/mol. The molecule has 0 aromatic heterocycles. The number of phenols is 1. The molecule has 0 fully saturated rings. The molecule has 0 saturated carbocycles. The van der Waals surface area contributed by atoms with Gasteiger partial charge < -0.3 is 14.7 Å². The van der Waals surface area contributed by atoms with E-state index in [2.05, 4.69) is 0 Å². The lowest BCUT2D eigenvalue weighted by Gasteiger charge is -2.27. The number of likely N-dealkylation sites (N-methyl/N-ethyl adjacent to an activating group) is 1. The Morgan fingerprint density at radius 3 is 2.72 bits per heavy atom. The van der Waals surface area contributed by atoms with Gasteiger partial charge in [-0.25, -0.2) is 0 Å². The number of aromatic hydroxyl groups is 1. The van der Waals surface area contributed by atoms with Crippen LogP contribution in [0.1, 0.15) is 24.2 Å². The Balaban J connectivity index is 2.96. The molecule has 0 aliphatic heterocycles. The van der Waals surface area contributed by atoms with Crippen LogP contribution >= 0.6 is 11.6 Å². The van der Waals surface area contributed by atoms with Crippen molar-refractivity contribution in [3.05, 3.63) is 28.8 Å². The van der Waals surface area contributed by atoms with E-state index >= 15 is 0 Å². The summed E-state index contributed by atoms with van der Waals surface area (Å²) >= 11 is 5.74. The molecule has 1 amide bonds. The van der Waals surface area contributed by atoms with Crippen LogP contribution in [-0.4, -0.2) is 42.2 Å². The largest absolute Gasteiger partial charge is 0.507 e. The number of hydrogen-bond acceptors (Lipinski definition) is 3. The lowest BCUT2D eigenvalue weighted by atomic mass is 10.1. The van der Waals surface area contributed by atoms with Gasteiger partial charge in [-0.1, -0.05) is 11.6 Å². The molecule has 0 bridgehead atoms. The van der Waals surface area contributed by atoms with E-state index < -0.39 is 0 Å². The van der Waals surface area contributed by atoms with Crippen molar-refractivity contribution in [3.8, 4) is 5.75 Å². The van der Waals surface area contributed by atoms with Crippen molar-refractivity contribution in [1.29, 1.82) is 0 Å². The number of hydrogen-bond donors (Lipinski definition) is 1. The monoisotopic (exact) mass is 271 g/mol. The maximum atomic E-state index is 12.3. The molecule has 5 heteroatoms. The predicted octanol–water partition coefficient (Wildman–Crippen LogP) is 2.54. The summed E-state index contributed by atoms with van der Waals surface area (Å²) in [5.74, 6) is -0.327. The Hall–Kier alpha value is -1.26. The molecule has 0 radical (unpaired) electrons. The highest BCUT2D eigenvalue weighted by Crippen LogP contribution is 2.23. The molecular formula is C13H18ClNO3. The summed E-state index contributed by atoms with van der Waals surface area (Å²) in [6.45, 7) is 4.79. The van der Waals surface area contributed by atoms with Crippen LogP contribution in [0.25, 0.3) is 0 Å². The van der Waals surface area contributed by atoms with E-state index in [9.17, 15) is 9.90 Å². The van der Waals surface area contributed by atoms with Gasteiger partial charge in [0.05, 0.1) is 18.2 Å². The summed E-state index contributed by atoms with van der Waals surface area (Å²) < 4.78 is 5.04. The second-order valence-corrected chi connectivity index (χ2v) is 4.49. The van der Waals surface area contributed by atoms with Crippen LogP contribution in [0.15, 0.2) is 18.2 Å². The van der Waals surface area contributed by atoms with Crippen molar-refractivity contribution in [2.75, 3.05) is 20.3 Å². The molecule has 4 nitrogen and oxygen atoms in total. The third kappa shape index (κ3) is 3.37. The quantitative estimate of drug-likeness (QED) is 0.895. The van der Waals surface area contributed by atoms with Crippen molar-refractivity contribution in [1.82, 2.24) is 4.90 Å². The Morgan fingerprint density at radius 1 is 1.56 bits per heavy atom. The van der Waals surface area contributed by atoms with Crippen LogP contribution < -0.4 is 0 Å². The Morgan fingerprint density at radius 2 is 2.22 bits per heavy atom. The Kier molecular flexibility index (Phi) is 5.44. The van der Waals surface area contributed by atoms with Crippen LogP contribution in [0.5, 0.6) is 5.75 Å². The number of nitrogens with zero attached hydrogens (tertiary/aromatic N) is 1. The fraction of sp³-hybridized carbons (Fsp3) is 0.462. The lowest BCUT2D eigenvalue weighted by molar-refractivity contribution is 0.0576. The third-order valence-electron chi connectivity index (χ3n) is 2.73. The standard InChI is InChI=1S/C13H18ClNO3/c1-4-15(9(2)8-18-3)13(17)11-6-5-10(14)7-12(11)16/h5-7,9,16H,4,8H2,1-3H3. The van der Waals surface area contributed by atoms with Crippen molar-refractivity contribution >= 4 is 17.5 Å². The van der Waals surface area contributed by atoms with E-state index in [0.717, 1.165) is 0 Å². The molecule has 0 spiro atoms. The molecule has 0 heterocycles. The van der Waals surface area contributed by atoms with E-state index in [0.29, 0.717) is 18.2 Å². The number of benzene rings is 1. The smallest absolute Gasteiger partial charge is 0.257 e. The second-order valence-electron chi connectivity index (χ2n) is 4.06. The highest BCUT2D eigenvalue weighted by Gasteiger charge is 2.22. The fourth-order valence-corrected chi connectivity index (χ4v) is 1.99. The van der Waals surface area contributed by atoms with Crippen molar-refractivity contribution in [2.45, 2.75) is 19.9 Å². The number of phenolic OH excluding ortho intramolecular Hbond substituents is 1. The van der Waals surface area contributed by atoms with Crippen molar-refractivity contribution in [3.63, 3.8) is 0 Å². The van der Waals surface area contributed by atoms with E-state index in [4.69, 9.17) is 16.3 Å². The molecule has 100 valence electrons. The average Bonchev–Trinajstić information content (AvgIpc) is 2.29. The van der Waals surface area contributed by atoms with Crippen LogP contribution in [0.2, 0.25) is 5.02 Å². The van der Waals surface area contributed by atoms with Crippen molar-refractivity contribution < 1.29 is 14.6 Å². The first-order chi connectivity index (χ1) is 8.51. The summed E-state index contributed by atoms with van der Waals surface area (Å²) in [6, 6.07) is 4.43. The van der Waals surface area contributed by atoms with E-state index in [1.807, 2.05) is 13.8 Å². The maximum Gasteiger partial charge on any atom is 0.257 e. The second kappa shape index (κ2) is 6.61. The number of amides is 1. The number of ether oxygens (including phenoxy) is 1. The summed E-state index contributed by atoms with van der Waals surface area (Å²) in [5.41, 5.74) is 0.254. The van der Waals surface area contributed by atoms with E-state index in [1.165, 1.54) is 12.1 Å². The molecule has 1 N–H and O–H groups in total. The molecule has 1 aromatic rings. The topological polar surface area (TPSA) is 49.8 Å². The Bertz CT molecular complexity index is 423. The molecule has 0 aliphatic rings. The lowest BCUT2D eigenvalue weighted by Crippen LogP contribution is -2.40. The molecule has 18 heavy (non-hydrogen) atoms. The summed E-state index contributed by atoms with van der Waals surface area (Å²) in [5, 5.41) is 10.2.